The fraction of sp³-hybridized carbons (Fsp3) is 0.300. The van der Waals surface area contributed by atoms with E-state index in [2.05, 4.69) is 0 Å². The van der Waals surface area contributed by atoms with Crippen LogP contribution in [0.5, 0.6) is 5.75 Å². The third-order valence-corrected chi connectivity index (χ3v) is 4.28. The van der Waals surface area contributed by atoms with Gasteiger partial charge in [-0.3, -0.25) is 0 Å². The van der Waals surface area contributed by atoms with E-state index in [4.69, 9.17) is 9.47 Å². The van der Waals surface area contributed by atoms with Gasteiger partial charge in [0.1, 0.15) is 0 Å². The summed E-state index contributed by atoms with van der Waals surface area (Å²) in [4.78, 5) is 0. The van der Waals surface area contributed by atoms with Crippen LogP contribution in [0, 0.1) is 23.3 Å². The van der Waals surface area contributed by atoms with Gasteiger partial charge in [0.2, 0.25) is 5.82 Å². The van der Waals surface area contributed by atoms with Crippen molar-refractivity contribution in [2.45, 2.75) is 26.4 Å². The van der Waals surface area contributed by atoms with Crippen molar-refractivity contribution in [1.29, 1.82) is 0 Å². The van der Waals surface area contributed by atoms with Gasteiger partial charge in [-0.2, -0.15) is 4.39 Å². The van der Waals surface area contributed by atoms with Gasteiger partial charge in [-0.1, -0.05) is 18.2 Å². The molecule has 0 aromatic heterocycles. The second-order valence-electron chi connectivity index (χ2n) is 6.05. The number of ether oxygens (including phenoxy) is 2. The van der Waals surface area contributed by atoms with E-state index < -0.39 is 23.3 Å². The Morgan fingerprint density at radius 2 is 1.50 bits per heavy atom. The minimum Gasteiger partial charge on any atom is -0.491 e. The molecule has 26 heavy (non-hydrogen) atoms. The van der Waals surface area contributed by atoms with Gasteiger partial charge in [0, 0.05) is 16.7 Å². The van der Waals surface area contributed by atoms with Gasteiger partial charge >= 0.3 is 0 Å². The number of hydrogen-bond donors (Lipinski definition) is 0. The Hall–Kier alpha value is -2.34. The zero-order valence-electron chi connectivity index (χ0n) is 14.4. The second kappa shape index (κ2) is 7.50. The van der Waals surface area contributed by atoms with Crippen LogP contribution in [0.25, 0.3) is 16.7 Å². The number of benzene rings is 2. The van der Waals surface area contributed by atoms with E-state index in [0.29, 0.717) is 12.0 Å². The molecule has 0 amide bonds. The highest BCUT2D eigenvalue weighted by Crippen LogP contribution is 2.35. The largest absolute Gasteiger partial charge is 0.491 e. The van der Waals surface area contributed by atoms with Crippen LogP contribution in [0.4, 0.5) is 17.6 Å². The zero-order chi connectivity index (χ0) is 18.8. The summed E-state index contributed by atoms with van der Waals surface area (Å²) in [6.07, 6.45) is 2.41. The Balaban J connectivity index is 2.03. The molecule has 1 atom stereocenters. The van der Waals surface area contributed by atoms with Crippen molar-refractivity contribution in [1.82, 2.24) is 0 Å². The Morgan fingerprint density at radius 1 is 0.923 bits per heavy atom. The lowest BCUT2D eigenvalue weighted by atomic mass is 9.97. The highest BCUT2D eigenvalue weighted by Gasteiger charge is 2.23. The standard InChI is InChI=1S/C20H18F4O2/c1-3-25-16-9-8-15(19(23)20(16)24)14-7-6-13(17(21)18(14)22)12-5-4-11(2)26-10-12/h5-9,11H,3-4,10H2,1-2H3. The molecule has 0 bridgehead atoms. The number of rotatable bonds is 4. The van der Waals surface area contributed by atoms with Crippen molar-refractivity contribution in [3.05, 3.63) is 59.2 Å². The van der Waals surface area contributed by atoms with E-state index in [1.165, 1.54) is 24.3 Å². The Morgan fingerprint density at radius 3 is 2.12 bits per heavy atom. The van der Waals surface area contributed by atoms with Crippen molar-refractivity contribution in [3.63, 3.8) is 0 Å². The first kappa shape index (κ1) is 18.5. The Bertz CT molecular complexity index is 861. The molecule has 6 heteroatoms. The monoisotopic (exact) mass is 366 g/mol. The fourth-order valence-corrected chi connectivity index (χ4v) is 2.87. The van der Waals surface area contributed by atoms with Gasteiger partial charge in [-0.05, 0) is 38.0 Å². The summed E-state index contributed by atoms with van der Waals surface area (Å²) in [5.74, 6) is -5.13. The summed E-state index contributed by atoms with van der Waals surface area (Å²) in [5, 5.41) is 0. The first-order valence-electron chi connectivity index (χ1n) is 8.34. The Kier molecular flexibility index (Phi) is 5.32. The highest BCUT2D eigenvalue weighted by atomic mass is 19.2. The Labute approximate surface area is 149 Å². The third-order valence-electron chi connectivity index (χ3n) is 4.28. The van der Waals surface area contributed by atoms with E-state index >= 15 is 0 Å². The average Bonchev–Trinajstić information content (AvgIpc) is 2.63. The molecule has 0 saturated heterocycles. The second-order valence-corrected chi connectivity index (χ2v) is 6.05. The van der Waals surface area contributed by atoms with E-state index in [1.54, 1.807) is 13.0 Å². The van der Waals surface area contributed by atoms with Crippen LogP contribution in [0.1, 0.15) is 25.8 Å². The number of hydrogen-bond acceptors (Lipinski definition) is 2. The molecule has 0 aliphatic carbocycles. The minimum atomic E-state index is -1.28. The third kappa shape index (κ3) is 3.33. The van der Waals surface area contributed by atoms with Gasteiger partial charge in [-0.25, -0.2) is 13.2 Å². The molecule has 2 aromatic carbocycles. The van der Waals surface area contributed by atoms with Crippen LogP contribution in [-0.4, -0.2) is 19.3 Å². The molecule has 3 rings (SSSR count). The summed E-state index contributed by atoms with van der Waals surface area (Å²) in [6.45, 7) is 3.84. The molecule has 0 fully saturated rings. The maximum atomic E-state index is 14.6. The van der Waals surface area contributed by atoms with E-state index in [1.807, 2.05) is 6.92 Å². The summed E-state index contributed by atoms with van der Waals surface area (Å²) in [7, 11) is 0. The average molecular weight is 366 g/mol. The molecule has 1 heterocycles. The maximum absolute atomic E-state index is 14.6. The van der Waals surface area contributed by atoms with Crippen molar-refractivity contribution in [3.8, 4) is 16.9 Å². The first-order valence-corrected chi connectivity index (χ1v) is 8.34. The molecule has 2 nitrogen and oxygen atoms in total. The molecule has 2 aromatic rings. The van der Waals surface area contributed by atoms with Crippen LogP contribution >= 0.6 is 0 Å². The lowest BCUT2D eigenvalue weighted by Gasteiger charge is -2.20. The smallest absolute Gasteiger partial charge is 0.201 e. The molecule has 1 aliphatic heterocycles. The summed E-state index contributed by atoms with van der Waals surface area (Å²) < 4.78 is 67.9. The van der Waals surface area contributed by atoms with Crippen LogP contribution in [0.3, 0.4) is 0 Å². The van der Waals surface area contributed by atoms with Crippen molar-refractivity contribution < 1.29 is 27.0 Å². The van der Waals surface area contributed by atoms with Crippen LogP contribution in [0.15, 0.2) is 30.3 Å². The van der Waals surface area contributed by atoms with Crippen LogP contribution in [-0.2, 0) is 4.74 Å². The summed E-state index contributed by atoms with van der Waals surface area (Å²) in [6, 6.07) is 4.96. The van der Waals surface area contributed by atoms with Gasteiger partial charge in [-0.15, -0.1) is 0 Å². The van der Waals surface area contributed by atoms with Gasteiger partial charge in [0.05, 0.1) is 19.3 Å². The molecule has 0 radical (unpaired) electrons. The molecule has 0 spiro atoms. The fourth-order valence-electron chi connectivity index (χ4n) is 2.87. The maximum Gasteiger partial charge on any atom is 0.201 e. The lowest BCUT2D eigenvalue weighted by molar-refractivity contribution is 0.0871. The quantitative estimate of drug-likeness (QED) is 0.665. The minimum absolute atomic E-state index is 0.0202. The van der Waals surface area contributed by atoms with Crippen molar-refractivity contribution >= 4 is 5.57 Å². The normalized spacial score (nSPS) is 17.2. The first-order chi connectivity index (χ1) is 12.4. The summed E-state index contributed by atoms with van der Waals surface area (Å²) >= 11 is 0. The predicted octanol–water partition coefficient (Wildman–Crippen LogP) is 5.50. The van der Waals surface area contributed by atoms with E-state index in [0.717, 1.165) is 0 Å². The van der Waals surface area contributed by atoms with Crippen LogP contribution in [0.2, 0.25) is 0 Å². The lowest BCUT2D eigenvalue weighted by Crippen LogP contribution is -2.15. The molecule has 1 unspecified atom stereocenters. The van der Waals surface area contributed by atoms with E-state index in [-0.39, 0.29) is 41.8 Å². The van der Waals surface area contributed by atoms with Gasteiger partial charge in [0.15, 0.2) is 23.2 Å². The molecular weight excluding hydrogens is 348 g/mol. The zero-order valence-corrected chi connectivity index (χ0v) is 14.4. The molecule has 0 N–H and O–H groups in total. The molecule has 1 aliphatic rings. The predicted molar refractivity (Wildman–Crippen MR) is 90.9 cm³/mol. The number of halogens is 4. The molecule has 138 valence electrons. The topological polar surface area (TPSA) is 18.5 Å². The van der Waals surface area contributed by atoms with Crippen LogP contribution < -0.4 is 4.74 Å². The van der Waals surface area contributed by atoms with Crippen molar-refractivity contribution in [2.75, 3.05) is 13.2 Å². The molecular formula is C20H18F4O2. The van der Waals surface area contributed by atoms with Gasteiger partial charge < -0.3 is 9.47 Å². The van der Waals surface area contributed by atoms with Gasteiger partial charge in [0.25, 0.3) is 0 Å². The SMILES string of the molecule is CCOc1ccc(-c2ccc(C3=CCC(C)OC3)c(F)c2F)c(F)c1F. The van der Waals surface area contributed by atoms with E-state index in [9.17, 15) is 17.6 Å². The van der Waals surface area contributed by atoms with Crippen molar-refractivity contribution in [2.24, 2.45) is 0 Å². The summed E-state index contributed by atoms with van der Waals surface area (Å²) in [5.41, 5.74) is -0.123. The highest BCUT2D eigenvalue weighted by molar-refractivity contribution is 5.73. The molecule has 0 saturated carbocycles.